The number of carbonyl (C=O) groups is 1. The van der Waals surface area contributed by atoms with Crippen LogP contribution in [0.4, 0.5) is 0 Å². The van der Waals surface area contributed by atoms with Crippen LogP contribution < -0.4 is 11.0 Å². The van der Waals surface area contributed by atoms with Gasteiger partial charge in [0.2, 0.25) is 0 Å². The molecule has 1 aromatic heterocycles. The van der Waals surface area contributed by atoms with Crippen molar-refractivity contribution in [2.75, 3.05) is 6.54 Å². The monoisotopic (exact) mass is 398 g/mol. The molecule has 1 amide bonds. The van der Waals surface area contributed by atoms with Gasteiger partial charge in [0.1, 0.15) is 5.82 Å². The minimum Gasteiger partial charge on any atom is -0.350 e. The maximum atomic E-state index is 13.0. The van der Waals surface area contributed by atoms with E-state index in [1.54, 1.807) is 4.57 Å². The minimum absolute atomic E-state index is 0.148. The van der Waals surface area contributed by atoms with Crippen LogP contribution in [0.5, 0.6) is 0 Å². The van der Waals surface area contributed by atoms with E-state index in [-0.39, 0.29) is 11.6 Å². The van der Waals surface area contributed by atoms with E-state index in [9.17, 15) is 9.59 Å². The second kappa shape index (κ2) is 7.63. The molecule has 6 nitrogen and oxygen atoms in total. The highest BCUT2D eigenvalue weighted by atomic mass is 16.2. The molecule has 3 aromatic carbocycles. The summed E-state index contributed by atoms with van der Waals surface area (Å²) >= 11 is 0. The third kappa shape index (κ3) is 3.41. The van der Waals surface area contributed by atoms with Gasteiger partial charge in [-0.2, -0.15) is 5.10 Å². The first kappa shape index (κ1) is 18.4. The molecule has 1 aliphatic rings. The van der Waals surface area contributed by atoms with Crippen molar-refractivity contribution < 1.29 is 4.79 Å². The van der Waals surface area contributed by atoms with Crippen LogP contribution in [0, 0.1) is 0 Å². The largest absolute Gasteiger partial charge is 0.350 e. The van der Waals surface area contributed by atoms with Crippen LogP contribution in [0.3, 0.4) is 0 Å². The molecular formula is C24H22N4O2. The number of aromatic nitrogens is 3. The lowest BCUT2D eigenvalue weighted by molar-refractivity contribution is 0.0953. The third-order valence-corrected chi connectivity index (χ3v) is 5.46. The molecular weight excluding hydrogens is 376 g/mol. The summed E-state index contributed by atoms with van der Waals surface area (Å²) < 4.78 is 3.16. The van der Waals surface area contributed by atoms with Gasteiger partial charge in [0.15, 0.2) is 0 Å². The van der Waals surface area contributed by atoms with Gasteiger partial charge in [-0.15, -0.1) is 0 Å². The van der Waals surface area contributed by atoms with E-state index in [0.717, 1.165) is 35.1 Å². The van der Waals surface area contributed by atoms with Gasteiger partial charge < -0.3 is 5.32 Å². The van der Waals surface area contributed by atoms with E-state index < -0.39 is 0 Å². The number of fused-ring (bicyclic) bond motifs is 1. The smallest absolute Gasteiger partial charge is 0.350 e. The summed E-state index contributed by atoms with van der Waals surface area (Å²) in [4.78, 5) is 25.7. The van der Waals surface area contributed by atoms with Gasteiger partial charge >= 0.3 is 5.69 Å². The lowest BCUT2D eigenvalue weighted by atomic mass is 10.0. The Balaban J connectivity index is 1.35. The number of benzene rings is 3. The molecule has 30 heavy (non-hydrogen) atoms. The van der Waals surface area contributed by atoms with E-state index in [1.165, 1.54) is 4.68 Å². The molecule has 1 saturated carbocycles. The Morgan fingerprint density at radius 1 is 0.967 bits per heavy atom. The molecule has 1 fully saturated rings. The highest BCUT2D eigenvalue weighted by Crippen LogP contribution is 2.39. The Bertz CT molecular complexity index is 1260. The van der Waals surface area contributed by atoms with Crippen LogP contribution in [0.25, 0.3) is 16.5 Å². The Labute approximate surface area is 173 Å². The molecule has 150 valence electrons. The van der Waals surface area contributed by atoms with Gasteiger partial charge in [-0.3, -0.25) is 4.79 Å². The summed E-state index contributed by atoms with van der Waals surface area (Å²) in [5.74, 6) is 1.00. The van der Waals surface area contributed by atoms with Gasteiger partial charge in [0, 0.05) is 18.0 Å². The number of hydrogen-bond acceptors (Lipinski definition) is 3. The number of hydrogen-bond donors (Lipinski definition) is 1. The molecule has 0 spiro atoms. The average molecular weight is 398 g/mol. The summed E-state index contributed by atoms with van der Waals surface area (Å²) in [5, 5.41) is 9.46. The van der Waals surface area contributed by atoms with Crippen molar-refractivity contribution in [1.82, 2.24) is 19.7 Å². The van der Waals surface area contributed by atoms with Gasteiger partial charge in [0.25, 0.3) is 5.91 Å². The number of carbonyl (C=O) groups excluding carboxylic acids is 1. The molecule has 5 rings (SSSR count). The fourth-order valence-electron chi connectivity index (χ4n) is 3.79. The minimum atomic E-state index is -0.164. The fraction of sp³-hybridized carbons (Fsp3) is 0.208. The third-order valence-electron chi connectivity index (χ3n) is 5.46. The van der Waals surface area contributed by atoms with Gasteiger partial charge in [-0.1, -0.05) is 54.6 Å². The molecule has 0 aliphatic heterocycles. The molecule has 0 bridgehead atoms. The molecule has 1 heterocycles. The topological polar surface area (TPSA) is 68.9 Å². The standard InChI is InChI=1S/C24H22N4O2/c29-23(21-12-6-8-17-7-4-5-11-20(17)21)25-15-16-27-24(30)28(19-9-2-1-3-10-19)22(26-27)18-13-14-18/h1-12,18H,13-16H2,(H,25,29). The summed E-state index contributed by atoms with van der Waals surface area (Å²) in [7, 11) is 0. The zero-order valence-electron chi connectivity index (χ0n) is 16.5. The average Bonchev–Trinajstić information content (AvgIpc) is 3.58. The first-order valence-corrected chi connectivity index (χ1v) is 10.2. The molecule has 4 aromatic rings. The maximum Gasteiger partial charge on any atom is 0.350 e. The summed E-state index contributed by atoms with van der Waals surface area (Å²) in [6.45, 7) is 0.659. The van der Waals surface area contributed by atoms with Crippen LogP contribution >= 0.6 is 0 Å². The summed E-state index contributed by atoms with van der Waals surface area (Å²) in [6, 6.07) is 23.1. The SMILES string of the molecule is O=C(NCCn1nc(C2CC2)n(-c2ccccc2)c1=O)c1cccc2ccccc12. The van der Waals surface area contributed by atoms with Gasteiger partial charge in [0.05, 0.1) is 12.2 Å². The van der Waals surface area contributed by atoms with E-state index in [0.29, 0.717) is 24.6 Å². The molecule has 6 heteroatoms. The van der Waals surface area contributed by atoms with Crippen molar-refractivity contribution in [3.63, 3.8) is 0 Å². The van der Waals surface area contributed by atoms with Crippen LogP contribution in [-0.2, 0) is 6.54 Å². The molecule has 0 saturated heterocycles. The lowest BCUT2D eigenvalue weighted by Crippen LogP contribution is -2.32. The Morgan fingerprint density at radius 2 is 1.70 bits per heavy atom. The molecule has 0 unspecified atom stereocenters. The molecule has 1 aliphatic carbocycles. The summed E-state index contributed by atoms with van der Waals surface area (Å²) in [5.41, 5.74) is 1.30. The Hall–Kier alpha value is -3.67. The van der Waals surface area contributed by atoms with Gasteiger partial charge in [-0.05, 0) is 41.8 Å². The number of rotatable bonds is 6. The maximum absolute atomic E-state index is 13.0. The highest BCUT2D eigenvalue weighted by Gasteiger charge is 2.31. The normalized spacial score (nSPS) is 13.5. The number of nitrogens with zero attached hydrogens (tertiary/aromatic N) is 3. The second-order valence-electron chi connectivity index (χ2n) is 7.59. The predicted octanol–water partition coefficient (Wildman–Crippen LogP) is 3.49. The van der Waals surface area contributed by atoms with Crippen molar-refractivity contribution in [3.8, 4) is 5.69 Å². The molecule has 1 N–H and O–H groups in total. The zero-order valence-corrected chi connectivity index (χ0v) is 16.5. The predicted molar refractivity (Wildman–Crippen MR) is 116 cm³/mol. The first-order chi connectivity index (χ1) is 14.7. The van der Waals surface area contributed by atoms with Crippen molar-refractivity contribution in [1.29, 1.82) is 0 Å². The molecule has 0 atom stereocenters. The Kier molecular flexibility index (Phi) is 4.67. The quantitative estimate of drug-likeness (QED) is 0.541. The van der Waals surface area contributed by atoms with E-state index in [2.05, 4.69) is 10.4 Å². The van der Waals surface area contributed by atoms with Gasteiger partial charge in [-0.25, -0.2) is 14.0 Å². The van der Waals surface area contributed by atoms with E-state index in [4.69, 9.17) is 0 Å². The number of nitrogens with one attached hydrogen (secondary N) is 1. The van der Waals surface area contributed by atoms with Crippen LogP contribution in [0.2, 0.25) is 0 Å². The van der Waals surface area contributed by atoms with E-state index in [1.807, 2.05) is 72.8 Å². The first-order valence-electron chi connectivity index (χ1n) is 10.2. The number of para-hydroxylation sites is 1. The van der Waals surface area contributed by atoms with Crippen LogP contribution in [0.15, 0.2) is 77.6 Å². The second-order valence-corrected chi connectivity index (χ2v) is 7.59. The number of amides is 1. The van der Waals surface area contributed by atoms with Crippen LogP contribution in [-0.4, -0.2) is 26.8 Å². The zero-order chi connectivity index (χ0) is 20.5. The lowest BCUT2D eigenvalue weighted by Gasteiger charge is -2.08. The van der Waals surface area contributed by atoms with Crippen LogP contribution in [0.1, 0.15) is 34.9 Å². The van der Waals surface area contributed by atoms with Crippen molar-refractivity contribution >= 4 is 16.7 Å². The highest BCUT2D eigenvalue weighted by molar-refractivity contribution is 6.06. The van der Waals surface area contributed by atoms with E-state index >= 15 is 0 Å². The van der Waals surface area contributed by atoms with Crippen molar-refractivity contribution in [3.05, 3.63) is 94.7 Å². The Morgan fingerprint density at radius 3 is 2.50 bits per heavy atom. The molecule has 0 radical (unpaired) electrons. The fourth-order valence-corrected chi connectivity index (χ4v) is 3.79. The summed E-state index contributed by atoms with van der Waals surface area (Å²) in [6.07, 6.45) is 2.11. The van der Waals surface area contributed by atoms with Crippen molar-refractivity contribution in [2.24, 2.45) is 0 Å². The van der Waals surface area contributed by atoms with Crippen molar-refractivity contribution in [2.45, 2.75) is 25.3 Å².